The fourth-order valence-electron chi connectivity index (χ4n) is 2.18. The molecule has 0 N–H and O–H groups in total. The number of benzene rings is 2. The molecule has 2 nitrogen and oxygen atoms in total. The van der Waals surface area contributed by atoms with Gasteiger partial charge >= 0.3 is 0 Å². The molecule has 0 aliphatic heterocycles. The van der Waals surface area contributed by atoms with Crippen molar-refractivity contribution in [3.8, 4) is 5.75 Å². The Morgan fingerprint density at radius 2 is 1.89 bits per heavy atom. The van der Waals surface area contributed by atoms with Crippen molar-refractivity contribution in [2.24, 2.45) is 0 Å². The molecule has 0 radical (unpaired) electrons. The minimum Gasteiger partial charge on any atom is -0.497 e. The van der Waals surface area contributed by atoms with E-state index in [0.29, 0.717) is 0 Å². The van der Waals surface area contributed by atoms with Crippen LogP contribution in [0.1, 0.15) is 11.1 Å². The first kappa shape index (κ1) is 12.2. The van der Waals surface area contributed by atoms with Crippen molar-refractivity contribution < 1.29 is 9.30 Å². The van der Waals surface area contributed by atoms with Gasteiger partial charge in [0.15, 0.2) is 6.54 Å². The van der Waals surface area contributed by atoms with Gasteiger partial charge in [0, 0.05) is 11.6 Å². The highest BCUT2D eigenvalue weighted by atomic mass is 32.1. The average Bonchev–Trinajstić information content (AvgIpc) is 2.82. The van der Waals surface area contributed by atoms with Crippen LogP contribution in [0.3, 0.4) is 0 Å². The largest absolute Gasteiger partial charge is 0.497 e. The number of rotatable bonds is 3. The molecule has 19 heavy (non-hydrogen) atoms. The van der Waals surface area contributed by atoms with Gasteiger partial charge in [-0.05, 0) is 42.8 Å². The summed E-state index contributed by atoms with van der Waals surface area (Å²) >= 11 is 1.79. The second-order valence-electron chi connectivity index (χ2n) is 4.67. The molecule has 0 unspecified atom stereocenters. The lowest BCUT2D eigenvalue weighted by Crippen LogP contribution is -2.31. The fourth-order valence-corrected chi connectivity index (χ4v) is 3.17. The summed E-state index contributed by atoms with van der Waals surface area (Å²) in [6.07, 6.45) is 0. The molecule has 0 atom stereocenters. The van der Waals surface area contributed by atoms with E-state index in [1.807, 2.05) is 12.1 Å². The zero-order chi connectivity index (χ0) is 13.2. The van der Waals surface area contributed by atoms with E-state index in [2.05, 4.69) is 47.3 Å². The minimum atomic E-state index is 0.896. The third kappa shape index (κ3) is 2.47. The summed E-state index contributed by atoms with van der Waals surface area (Å²) in [5, 5.41) is 0. The predicted octanol–water partition coefficient (Wildman–Crippen LogP) is 3.55. The highest BCUT2D eigenvalue weighted by Gasteiger charge is 2.12. The Morgan fingerprint density at radius 1 is 1.11 bits per heavy atom. The fraction of sp³-hybridized carbons (Fsp3) is 0.188. The second-order valence-corrected chi connectivity index (χ2v) is 5.56. The number of ether oxygens (including phenoxy) is 1. The Bertz CT molecular complexity index is 700. The van der Waals surface area contributed by atoms with Crippen molar-refractivity contribution in [3.05, 3.63) is 59.1 Å². The van der Waals surface area contributed by atoms with E-state index in [-0.39, 0.29) is 0 Å². The van der Waals surface area contributed by atoms with Crippen molar-refractivity contribution >= 4 is 21.6 Å². The maximum Gasteiger partial charge on any atom is 0.226 e. The highest BCUT2D eigenvalue weighted by molar-refractivity contribution is 7.16. The van der Waals surface area contributed by atoms with E-state index in [0.717, 1.165) is 12.3 Å². The van der Waals surface area contributed by atoms with Crippen LogP contribution in [0, 0.1) is 6.92 Å². The number of aromatic nitrogens is 1. The quantitative estimate of drug-likeness (QED) is 0.663. The molecule has 96 valence electrons. The SMILES string of the molecule is COc1ccc(C[n+]2csc3cc(C)ccc32)cc1. The van der Waals surface area contributed by atoms with Gasteiger partial charge in [-0.25, -0.2) is 0 Å². The van der Waals surface area contributed by atoms with Crippen LogP contribution in [0.4, 0.5) is 0 Å². The molecule has 0 fully saturated rings. The third-order valence-electron chi connectivity index (χ3n) is 3.24. The molecule has 3 aromatic rings. The maximum absolute atomic E-state index is 5.18. The Hall–Kier alpha value is -1.87. The van der Waals surface area contributed by atoms with E-state index in [4.69, 9.17) is 4.74 Å². The summed E-state index contributed by atoms with van der Waals surface area (Å²) in [6, 6.07) is 14.9. The lowest BCUT2D eigenvalue weighted by Gasteiger charge is -2.00. The highest BCUT2D eigenvalue weighted by Crippen LogP contribution is 2.18. The van der Waals surface area contributed by atoms with Crippen LogP contribution in [0.25, 0.3) is 10.2 Å². The second kappa shape index (κ2) is 5.02. The lowest BCUT2D eigenvalue weighted by molar-refractivity contribution is -0.658. The molecule has 0 aliphatic rings. The minimum absolute atomic E-state index is 0.896. The third-order valence-corrected chi connectivity index (χ3v) is 4.18. The van der Waals surface area contributed by atoms with Gasteiger partial charge in [-0.1, -0.05) is 17.4 Å². The summed E-state index contributed by atoms with van der Waals surface area (Å²) in [5.41, 5.74) is 6.08. The van der Waals surface area contributed by atoms with E-state index in [9.17, 15) is 0 Å². The molecule has 0 bridgehead atoms. The number of methoxy groups -OCH3 is 1. The van der Waals surface area contributed by atoms with Crippen molar-refractivity contribution in [2.45, 2.75) is 13.5 Å². The molecule has 0 amide bonds. The van der Waals surface area contributed by atoms with Crippen LogP contribution in [0.15, 0.2) is 48.0 Å². The van der Waals surface area contributed by atoms with Gasteiger partial charge in [0.05, 0.1) is 7.11 Å². The van der Waals surface area contributed by atoms with E-state index in [1.165, 1.54) is 21.3 Å². The van der Waals surface area contributed by atoms with Crippen molar-refractivity contribution in [1.29, 1.82) is 0 Å². The first-order valence-corrected chi connectivity index (χ1v) is 7.14. The molecule has 0 saturated heterocycles. The average molecular weight is 270 g/mol. The summed E-state index contributed by atoms with van der Waals surface area (Å²) < 4.78 is 8.82. The van der Waals surface area contributed by atoms with Crippen molar-refractivity contribution in [3.63, 3.8) is 0 Å². The first-order valence-electron chi connectivity index (χ1n) is 6.26. The van der Waals surface area contributed by atoms with Crippen LogP contribution in [0.2, 0.25) is 0 Å². The van der Waals surface area contributed by atoms with Crippen molar-refractivity contribution in [1.82, 2.24) is 0 Å². The lowest BCUT2D eigenvalue weighted by atomic mass is 10.2. The zero-order valence-electron chi connectivity index (χ0n) is 11.1. The molecular formula is C16H16NOS+. The van der Waals surface area contributed by atoms with Crippen LogP contribution in [0.5, 0.6) is 5.75 Å². The van der Waals surface area contributed by atoms with Crippen LogP contribution in [-0.2, 0) is 6.54 Å². The molecule has 3 heteroatoms. The van der Waals surface area contributed by atoms with Crippen molar-refractivity contribution in [2.75, 3.05) is 7.11 Å². The standard InChI is InChI=1S/C16H16NOS/c1-12-3-8-15-16(9-12)19-11-17(15)10-13-4-6-14(18-2)7-5-13/h3-9,11H,10H2,1-2H3/q+1. The number of thiazole rings is 1. The molecule has 0 spiro atoms. The van der Waals surface area contributed by atoms with Gasteiger partial charge in [-0.3, -0.25) is 0 Å². The summed E-state index contributed by atoms with van der Waals surface area (Å²) in [5.74, 6) is 0.902. The van der Waals surface area contributed by atoms with Crippen LogP contribution >= 0.6 is 11.3 Å². The molecule has 0 aliphatic carbocycles. The monoisotopic (exact) mass is 270 g/mol. The predicted molar refractivity (Wildman–Crippen MR) is 78.9 cm³/mol. The molecule has 2 aromatic carbocycles. The summed E-state index contributed by atoms with van der Waals surface area (Å²) in [4.78, 5) is 0. The topological polar surface area (TPSA) is 13.1 Å². The van der Waals surface area contributed by atoms with E-state index in [1.54, 1.807) is 18.4 Å². The van der Waals surface area contributed by atoms with E-state index < -0.39 is 0 Å². The van der Waals surface area contributed by atoms with E-state index >= 15 is 0 Å². The Morgan fingerprint density at radius 3 is 2.63 bits per heavy atom. The van der Waals surface area contributed by atoms with Gasteiger partial charge < -0.3 is 4.74 Å². The molecule has 1 heterocycles. The number of hydrogen-bond donors (Lipinski definition) is 0. The van der Waals surface area contributed by atoms with Gasteiger partial charge in [-0.2, -0.15) is 4.57 Å². The Kier molecular flexibility index (Phi) is 3.22. The number of hydrogen-bond acceptors (Lipinski definition) is 2. The summed E-state index contributed by atoms with van der Waals surface area (Å²) in [6.45, 7) is 3.03. The number of aryl methyl sites for hydroxylation is 1. The Labute approximate surface area is 116 Å². The van der Waals surface area contributed by atoms with Crippen LogP contribution in [-0.4, -0.2) is 7.11 Å². The summed E-state index contributed by atoms with van der Waals surface area (Å²) in [7, 11) is 1.69. The zero-order valence-corrected chi connectivity index (χ0v) is 11.9. The van der Waals surface area contributed by atoms with Crippen LogP contribution < -0.4 is 9.30 Å². The number of nitrogens with zero attached hydrogens (tertiary/aromatic N) is 1. The van der Waals surface area contributed by atoms with Gasteiger partial charge in [0.25, 0.3) is 0 Å². The normalized spacial score (nSPS) is 10.8. The smallest absolute Gasteiger partial charge is 0.226 e. The number of fused-ring (bicyclic) bond motifs is 1. The van der Waals surface area contributed by atoms with Gasteiger partial charge in [0.2, 0.25) is 11.0 Å². The molecular weight excluding hydrogens is 254 g/mol. The first-order chi connectivity index (χ1) is 9.26. The molecule has 1 aromatic heterocycles. The molecule has 0 saturated carbocycles. The van der Waals surface area contributed by atoms with Gasteiger partial charge in [-0.15, -0.1) is 0 Å². The maximum atomic E-state index is 5.18. The van der Waals surface area contributed by atoms with Gasteiger partial charge in [0.1, 0.15) is 10.4 Å². The Balaban J connectivity index is 1.92. The molecule has 3 rings (SSSR count).